The van der Waals surface area contributed by atoms with Gasteiger partial charge in [-0.15, -0.1) is 0 Å². The fourth-order valence-electron chi connectivity index (χ4n) is 0.204. The van der Waals surface area contributed by atoms with E-state index in [2.05, 4.69) is 0 Å². The Morgan fingerprint density at radius 3 is 1.50 bits per heavy atom. The Morgan fingerprint density at radius 2 is 1.50 bits per heavy atom. The fraction of sp³-hybridized carbons (Fsp3) is 1.00. The van der Waals surface area contributed by atoms with Gasteiger partial charge in [-0.1, -0.05) is 0 Å². The molecule has 0 fully saturated rings. The summed E-state index contributed by atoms with van der Waals surface area (Å²) in [7, 11) is 0. The Hall–Kier alpha value is 0.759. The van der Waals surface area contributed by atoms with Crippen LogP contribution >= 0.6 is 0 Å². The van der Waals surface area contributed by atoms with Crippen LogP contribution in [0, 0.1) is 0 Å². The van der Waals surface area contributed by atoms with Crippen LogP contribution in [0.25, 0.3) is 0 Å². The van der Waals surface area contributed by atoms with E-state index >= 15 is 0 Å². The molecule has 0 aliphatic rings. The number of ether oxygens (including phenoxy) is 1. The molecule has 0 aromatic rings. The second-order valence-electron chi connectivity index (χ2n) is 0.781. The van der Waals surface area contributed by atoms with E-state index < -0.39 is 0 Å². The van der Waals surface area contributed by atoms with Crippen molar-refractivity contribution in [1.29, 1.82) is 0 Å². The first-order chi connectivity index (χ1) is 2.41. The van der Waals surface area contributed by atoms with Gasteiger partial charge in [0.05, 0.1) is 0 Å². The molecule has 0 aromatic carbocycles. The Kier molecular flexibility index (Phi) is 15.2. The zero-order chi connectivity index (χ0) is 4.12. The molecule has 0 N–H and O–H groups in total. The molecule has 0 aliphatic carbocycles. The number of hydrogen-bond donors (Lipinski definition) is 0. The molecule has 1 nitrogen and oxygen atoms in total. The van der Waals surface area contributed by atoms with E-state index in [0.717, 1.165) is 13.2 Å². The average Bonchev–Trinajstić information content (AvgIpc) is 1.41. The molecule has 2 heteroatoms. The second-order valence-corrected chi connectivity index (χ2v) is 0.781. The molecule has 0 unspecified atom stereocenters. The Morgan fingerprint density at radius 1 is 1.17 bits per heavy atom. The average molecular weight is 195 g/mol. The van der Waals surface area contributed by atoms with Crippen LogP contribution in [0.4, 0.5) is 0 Å². The van der Waals surface area contributed by atoms with E-state index in [4.69, 9.17) is 4.74 Å². The predicted molar refractivity (Wildman–Crippen MR) is 30.7 cm³/mol. The van der Waals surface area contributed by atoms with Gasteiger partial charge in [-0.3, -0.25) is 0 Å². The molecule has 0 saturated carbocycles. The van der Waals surface area contributed by atoms with Crippen LogP contribution in [0.5, 0.6) is 0 Å². The second kappa shape index (κ2) is 9.23. The molecule has 38 valence electrons. The standard InChI is InChI=1S/C4H10O.Sn.2H/c1-3-5-4-2;;;/h3-4H2,1-2H3;;;. The maximum absolute atomic E-state index is 4.83. The van der Waals surface area contributed by atoms with Crippen LogP contribution in [0.3, 0.4) is 0 Å². The minimum absolute atomic E-state index is 0. The third-order valence-electron chi connectivity index (χ3n) is 0.408. The van der Waals surface area contributed by atoms with Gasteiger partial charge < -0.3 is 4.74 Å². The summed E-state index contributed by atoms with van der Waals surface area (Å²) in [6.07, 6.45) is 0. The van der Waals surface area contributed by atoms with Crippen molar-refractivity contribution in [2.75, 3.05) is 13.2 Å². The molecule has 0 heterocycles. The molecule has 0 bridgehead atoms. The van der Waals surface area contributed by atoms with Crippen LogP contribution in [0.2, 0.25) is 0 Å². The summed E-state index contributed by atoms with van der Waals surface area (Å²) in [5.41, 5.74) is 0. The van der Waals surface area contributed by atoms with Crippen molar-refractivity contribution in [1.82, 2.24) is 0 Å². The van der Waals surface area contributed by atoms with Crippen molar-refractivity contribution in [2.24, 2.45) is 0 Å². The van der Waals surface area contributed by atoms with Crippen LogP contribution in [0.15, 0.2) is 0 Å². The summed E-state index contributed by atoms with van der Waals surface area (Å²) in [5.74, 6) is 0. The Labute approximate surface area is 56.0 Å². The Bertz CT molecular complexity index is 15.0. The quantitative estimate of drug-likeness (QED) is 0.568. The van der Waals surface area contributed by atoms with Crippen molar-refractivity contribution in [3.63, 3.8) is 0 Å². The molecule has 0 saturated heterocycles. The molecule has 6 heavy (non-hydrogen) atoms. The summed E-state index contributed by atoms with van der Waals surface area (Å²) < 4.78 is 4.83. The first-order valence-corrected chi connectivity index (χ1v) is 1.99. The van der Waals surface area contributed by atoms with E-state index in [1.54, 1.807) is 0 Å². The van der Waals surface area contributed by atoms with Gasteiger partial charge in [0, 0.05) is 13.2 Å². The summed E-state index contributed by atoms with van der Waals surface area (Å²) >= 11 is 0. The molecular formula is C4H12OSn. The molecule has 0 spiro atoms. The van der Waals surface area contributed by atoms with Crippen molar-refractivity contribution in [3.8, 4) is 0 Å². The predicted octanol–water partition coefficient (Wildman–Crippen LogP) is 0.127. The molecule has 0 rings (SSSR count). The van der Waals surface area contributed by atoms with Gasteiger partial charge in [-0.2, -0.15) is 0 Å². The topological polar surface area (TPSA) is 9.23 Å². The van der Waals surface area contributed by atoms with E-state index in [1.165, 1.54) is 0 Å². The number of hydrogen-bond acceptors (Lipinski definition) is 1. The van der Waals surface area contributed by atoms with Crippen molar-refractivity contribution in [3.05, 3.63) is 0 Å². The summed E-state index contributed by atoms with van der Waals surface area (Å²) in [4.78, 5) is 0. The SMILES string of the molecule is CCOCC.[SnH2]. The van der Waals surface area contributed by atoms with E-state index in [1.807, 2.05) is 13.8 Å². The van der Waals surface area contributed by atoms with Gasteiger partial charge in [0.1, 0.15) is 0 Å². The fourth-order valence-corrected chi connectivity index (χ4v) is 0.204. The first-order valence-electron chi connectivity index (χ1n) is 1.99. The number of rotatable bonds is 2. The van der Waals surface area contributed by atoms with Crippen LogP contribution in [0.1, 0.15) is 13.8 Å². The Balaban J connectivity index is 0. The van der Waals surface area contributed by atoms with Crippen molar-refractivity contribution in [2.45, 2.75) is 13.8 Å². The van der Waals surface area contributed by atoms with Crippen molar-refractivity contribution < 1.29 is 4.74 Å². The maximum atomic E-state index is 4.83. The van der Waals surface area contributed by atoms with Gasteiger partial charge in [0.15, 0.2) is 0 Å². The van der Waals surface area contributed by atoms with Crippen LogP contribution in [-0.2, 0) is 4.74 Å². The minimum atomic E-state index is 0. The van der Waals surface area contributed by atoms with Crippen LogP contribution < -0.4 is 0 Å². The van der Waals surface area contributed by atoms with E-state index in [9.17, 15) is 0 Å². The van der Waals surface area contributed by atoms with Gasteiger partial charge in [-0.05, 0) is 13.8 Å². The molecule has 0 atom stereocenters. The monoisotopic (exact) mass is 196 g/mol. The zero-order valence-electron chi connectivity index (χ0n) is 4.53. The normalized spacial score (nSPS) is 7.00. The summed E-state index contributed by atoms with van der Waals surface area (Å²) in [5, 5.41) is 0. The summed E-state index contributed by atoms with van der Waals surface area (Å²) in [6.45, 7) is 5.67. The summed E-state index contributed by atoms with van der Waals surface area (Å²) in [6, 6.07) is 0. The first kappa shape index (κ1) is 9.90. The third kappa shape index (κ3) is 8.83. The van der Waals surface area contributed by atoms with Gasteiger partial charge in [-0.25, -0.2) is 0 Å². The van der Waals surface area contributed by atoms with E-state index in [0.29, 0.717) is 0 Å². The molecular weight excluding hydrogens is 183 g/mol. The van der Waals surface area contributed by atoms with E-state index in [-0.39, 0.29) is 23.9 Å². The zero-order valence-corrected chi connectivity index (χ0v) is 8.57. The molecule has 2 radical (unpaired) electrons. The van der Waals surface area contributed by atoms with Gasteiger partial charge in [0.25, 0.3) is 0 Å². The van der Waals surface area contributed by atoms with Gasteiger partial charge >= 0.3 is 23.9 Å². The van der Waals surface area contributed by atoms with Crippen LogP contribution in [-0.4, -0.2) is 37.1 Å². The molecule has 0 aromatic heterocycles. The third-order valence-corrected chi connectivity index (χ3v) is 0.408. The molecule has 0 amide bonds. The van der Waals surface area contributed by atoms with Gasteiger partial charge in [0.2, 0.25) is 0 Å². The van der Waals surface area contributed by atoms with Crippen molar-refractivity contribution >= 4 is 23.9 Å². The molecule has 0 aliphatic heterocycles.